The minimum atomic E-state index is -4.58. The molecule has 2 amide bonds. The van der Waals surface area contributed by atoms with Crippen LogP contribution in [0.5, 0.6) is 0 Å². The van der Waals surface area contributed by atoms with E-state index in [0.29, 0.717) is 31.4 Å². The molecule has 0 aliphatic carbocycles. The average Bonchev–Trinajstić information content (AvgIpc) is 3.13. The molecular weight excluding hydrogens is 450 g/mol. The van der Waals surface area contributed by atoms with Crippen LogP contribution in [0.15, 0.2) is 48.5 Å². The van der Waals surface area contributed by atoms with Gasteiger partial charge in [-0.05, 0) is 55.2 Å². The third kappa shape index (κ3) is 5.07. The van der Waals surface area contributed by atoms with Crippen molar-refractivity contribution >= 4 is 22.8 Å². The van der Waals surface area contributed by atoms with Gasteiger partial charge in [0.05, 0.1) is 16.6 Å². The number of likely N-dealkylation sites (tertiary alicyclic amines) is 1. The van der Waals surface area contributed by atoms with Gasteiger partial charge in [-0.15, -0.1) is 0 Å². The maximum Gasteiger partial charge on any atom is 0.449 e. The summed E-state index contributed by atoms with van der Waals surface area (Å²) in [6.07, 6.45) is -8.06. The molecule has 0 radical (unpaired) electrons. The lowest BCUT2D eigenvalue weighted by molar-refractivity contribution is -0.147. The first-order valence-corrected chi connectivity index (χ1v) is 10.3. The molecule has 1 N–H and O–H groups in total. The van der Waals surface area contributed by atoms with Gasteiger partial charge in [0.1, 0.15) is 0 Å². The summed E-state index contributed by atoms with van der Waals surface area (Å²) >= 11 is 0. The molecule has 1 aliphatic rings. The normalized spacial score (nSPS) is 15.8. The van der Waals surface area contributed by atoms with Crippen LogP contribution in [-0.2, 0) is 18.9 Å². The number of rotatable bonds is 3. The predicted molar refractivity (Wildman–Crippen MR) is 109 cm³/mol. The summed E-state index contributed by atoms with van der Waals surface area (Å²) in [5, 5.41) is 2.56. The molecule has 2 heterocycles. The van der Waals surface area contributed by atoms with Crippen LogP contribution in [0, 0.1) is 5.92 Å². The fourth-order valence-electron chi connectivity index (χ4n) is 4.00. The van der Waals surface area contributed by atoms with Crippen molar-refractivity contribution in [3.05, 3.63) is 59.9 Å². The minimum Gasteiger partial charge on any atom is -0.325 e. The third-order valence-corrected chi connectivity index (χ3v) is 5.71. The van der Waals surface area contributed by atoms with E-state index in [1.807, 2.05) is 0 Å². The van der Waals surface area contributed by atoms with Gasteiger partial charge in [-0.3, -0.25) is 0 Å². The topological polar surface area (TPSA) is 50.2 Å². The number of hydrogen-bond acceptors (Lipinski definition) is 2. The van der Waals surface area contributed by atoms with Gasteiger partial charge >= 0.3 is 18.4 Å². The second-order valence-corrected chi connectivity index (χ2v) is 7.97. The molecule has 1 fully saturated rings. The first-order chi connectivity index (χ1) is 15.5. The van der Waals surface area contributed by atoms with Gasteiger partial charge in [-0.2, -0.15) is 26.3 Å². The molecule has 0 unspecified atom stereocenters. The Balaban J connectivity index is 1.38. The van der Waals surface area contributed by atoms with Crippen LogP contribution in [0.4, 0.5) is 36.8 Å². The van der Waals surface area contributed by atoms with E-state index in [4.69, 9.17) is 0 Å². The summed E-state index contributed by atoms with van der Waals surface area (Å²) in [6, 6.07) is 10.1. The van der Waals surface area contributed by atoms with Crippen molar-refractivity contribution in [2.75, 3.05) is 18.4 Å². The van der Waals surface area contributed by atoms with Crippen LogP contribution in [0.1, 0.15) is 24.2 Å². The Morgan fingerprint density at radius 1 is 0.939 bits per heavy atom. The largest absolute Gasteiger partial charge is 0.449 e. The van der Waals surface area contributed by atoms with E-state index < -0.39 is 29.8 Å². The number of amides is 2. The zero-order valence-electron chi connectivity index (χ0n) is 17.2. The number of hydrogen-bond donors (Lipinski definition) is 1. The van der Waals surface area contributed by atoms with Crippen molar-refractivity contribution in [3.63, 3.8) is 0 Å². The molecule has 1 aliphatic heterocycles. The predicted octanol–water partition coefficient (Wildman–Crippen LogP) is 6.02. The van der Waals surface area contributed by atoms with Crippen molar-refractivity contribution in [1.29, 1.82) is 0 Å². The first-order valence-electron chi connectivity index (χ1n) is 10.3. The molecule has 0 saturated carbocycles. The summed E-state index contributed by atoms with van der Waals surface area (Å²) in [4.78, 5) is 17.7. The van der Waals surface area contributed by atoms with Crippen molar-refractivity contribution in [2.45, 2.75) is 31.7 Å². The number of para-hydroxylation sites is 2. The number of nitrogens with one attached hydrogen (secondary N) is 1. The average molecular weight is 470 g/mol. The number of anilines is 1. The van der Waals surface area contributed by atoms with Gasteiger partial charge < -0.3 is 14.8 Å². The second-order valence-electron chi connectivity index (χ2n) is 7.97. The number of alkyl halides is 6. The van der Waals surface area contributed by atoms with E-state index in [1.54, 1.807) is 18.2 Å². The lowest BCUT2D eigenvalue weighted by Crippen LogP contribution is -2.41. The van der Waals surface area contributed by atoms with Crippen molar-refractivity contribution in [2.24, 2.45) is 5.92 Å². The molecule has 11 heteroatoms. The van der Waals surface area contributed by atoms with Crippen molar-refractivity contribution in [1.82, 2.24) is 14.5 Å². The fraction of sp³-hybridized carbons (Fsp3) is 0.364. The Morgan fingerprint density at radius 3 is 2.18 bits per heavy atom. The Morgan fingerprint density at radius 2 is 1.58 bits per heavy atom. The minimum absolute atomic E-state index is 0.0844. The van der Waals surface area contributed by atoms with Gasteiger partial charge in [0.2, 0.25) is 5.82 Å². The van der Waals surface area contributed by atoms with Gasteiger partial charge in [0.15, 0.2) is 0 Å². The third-order valence-electron chi connectivity index (χ3n) is 5.71. The summed E-state index contributed by atoms with van der Waals surface area (Å²) in [6.45, 7) is 0.778. The number of nitrogens with zero attached hydrogens (tertiary/aromatic N) is 3. The smallest absolute Gasteiger partial charge is 0.325 e. The molecule has 0 spiro atoms. The summed E-state index contributed by atoms with van der Waals surface area (Å²) in [7, 11) is 0. The first kappa shape index (κ1) is 22.9. The Labute approximate surface area is 185 Å². The molecule has 1 aromatic heterocycles. The highest BCUT2D eigenvalue weighted by molar-refractivity contribution is 5.89. The molecule has 176 valence electrons. The maximum absolute atomic E-state index is 13.5. The van der Waals surface area contributed by atoms with Gasteiger partial charge in [0.25, 0.3) is 0 Å². The Kier molecular flexibility index (Phi) is 5.98. The number of aromatic nitrogens is 2. The van der Waals surface area contributed by atoms with E-state index in [0.717, 1.165) is 12.1 Å². The van der Waals surface area contributed by atoms with Crippen LogP contribution < -0.4 is 5.32 Å². The van der Waals surface area contributed by atoms with E-state index in [9.17, 15) is 31.1 Å². The fourth-order valence-corrected chi connectivity index (χ4v) is 4.00. The van der Waals surface area contributed by atoms with Crippen LogP contribution in [0.2, 0.25) is 0 Å². The number of benzene rings is 2. The number of piperidine rings is 1. The molecule has 4 rings (SSSR count). The number of fused-ring (bicyclic) bond motifs is 1. The quantitative estimate of drug-likeness (QED) is 0.476. The molecular formula is C22H20F6N4O. The van der Waals surface area contributed by atoms with E-state index in [-0.39, 0.29) is 23.7 Å². The number of urea groups is 1. The van der Waals surface area contributed by atoms with Crippen LogP contribution in [0.3, 0.4) is 0 Å². The number of carbonyl (C=O) groups excluding carboxylic acids is 1. The van der Waals surface area contributed by atoms with Crippen LogP contribution in [0.25, 0.3) is 11.0 Å². The maximum atomic E-state index is 13.5. The SMILES string of the molecule is O=C(Nc1ccc(C(F)(F)F)cc1)N1CCC(Cn2c(C(F)(F)F)nc3ccccc32)CC1. The molecule has 0 bridgehead atoms. The molecule has 5 nitrogen and oxygen atoms in total. The molecule has 0 atom stereocenters. The van der Waals surface area contributed by atoms with Gasteiger partial charge in [-0.1, -0.05) is 12.1 Å². The summed E-state index contributed by atoms with van der Waals surface area (Å²) in [5.41, 5.74) is 0.104. The summed E-state index contributed by atoms with van der Waals surface area (Å²) in [5.74, 6) is -1.02. The molecule has 3 aromatic rings. The van der Waals surface area contributed by atoms with Crippen molar-refractivity contribution in [3.8, 4) is 0 Å². The number of halogens is 6. The Bertz CT molecular complexity index is 1130. The highest BCUT2D eigenvalue weighted by atomic mass is 19.4. The van der Waals surface area contributed by atoms with E-state index in [2.05, 4.69) is 10.3 Å². The highest BCUT2D eigenvalue weighted by Gasteiger charge is 2.38. The van der Waals surface area contributed by atoms with Gasteiger partial charge in [0, 0.05) is 25.3 Å². The second kappa shape index (κ2) is 8.60. The zero-order chi connectivity index (χ0) is 23.8. The van der Waals surface area contributed by atoms with Crippen LogP contribution in [-0.4, -0.2) is 33.6 Å². The lowest BCUT2D eigenvalue weighted by atomic mass is 9.96. The number of imidazole rings is 1. The standard InChI is InChI=1S/C22H20F6N4O/c23-21(24,25)15-5-7-16(8-6-15)29-20(33)31-11-9-14(10-12-31)13-32-18-4-2-1-3-17(18)30-19(32)22(26,27)28/h1-8,14H,9-13H2,(H,29,33). The van der Waals surface area contributed by atoms with E-state index in [1.165, 1.54) is 27.7 Å². The Hall–Kier alpha value is -3.24. The monoisotopic (exact) mass is 470 g/mol. The number of carbonyl (C=O) groups is 1. The molecule has 33 heavy (non-hydrogen) atoms. The highest BCUT2D eigenvalue weighted by Crippen LogP contribution is 2.33. The van der Waals surface area contributed by atoms with Crippen LogP contribution >= 0.6 is 0 Å². The lowest BCUT2D eigenvalue weighted by Gasteiger charge is -2.32. The molecule has 1 saturated heterocycles. The molecule has 2 aromatic carbocycles. The van der Waals surface area contributed by atoms with E-state index >= 15 is 0 Å². The van der Waals surface area contributed by atoms with Crippen molar-refractivity contribution < 1.29 is 31.1 Å². The van der Waals surface area contributed by atoms with Gasteiger partial charge in [-0.25, -0.2) is 9.78 Å². The summed E-state index contributed by atoms with van der Waals surface area (Å²) < 4.78 is 79.7. The zero-order valence-corrected chi connectivity index (χ0v) is 17.2.